The number of piperidine rings is 1. The van der Waals surface area contributed by atoms with Crippen molar-refractivity contribution in [3.63, 3.8) is 0 Å². The molecule has 5 nitrogen and oxygen atoms in total. The predicted octanol–water partition coefficient (Wildman–Crippen LogP) is 1.86. The van der Waals surface area contributed by atoms with Gasteiger partial charge in [-0.3, -0.25) is 9.59 Å². The fourth-order valence-electron chi connectivity index (χ4n) is 2.34. The zero-order chi connectivity index (χ0) is 13.2. The lowest BCUT2D eigenvalue weighted by Crippen LogP contribution is -2.46. The Kier molecular flexibility index (Phi) is 3.65. The molecule has 2 heterocycles. The number of amides is 1. The monoisotopic (exact) mass is 268 g/mol. The Morgan fingerprint density at radius 2 is 2.17 bits per heavy atom. The van der Waals surface area contributed by atoms with Gasteiger partial charge in [-0.25, -0.2) is 4.98 Å². The summed E-state index contributed by atoms with van der Waals surface area (Å²) in [5, 5.41) is 11.0. The molecule has 1 N–H and O–H groups in total. The van der Waals surface area contributed by atoms with Gasteiger partial charge in [-0.1, -0.05) is 6.92 Å². The van der Waals surface area contributed by atoms with Gasteiger partial charge in [0.25, 0.3) is 5.91 Å². The number of aliphatic carboxylic acids is 1. The maximum Gasteiger partial charge on any atom is 0.309 e. The highest BCUT2D eigenvalue weighted by Crippen LogP contribution is 2.35. The van der Waals surface area contributed by atoms with Crippen LogP contribution in [0, 0.1) is 5.41 Å². The van der Waals surface area contributed by atoms with Crippen LogP contribution in [0.3, 0.4) is 0 Å². The van der Waals surface area contributed by atoms with Crippen LogP contribution < -0.4 is 0 Å². The number of aromatic nitrogens is 1. The molecule has 1 aliphatic heterocycles. The Hall–Kier alpha value is -1.43. The molecule has 98 valence electrons. The fourth-order valence-corrected chi connectivity index (χ4v) is 2.86. The van der Waals surface area contributed by atoms with Crippen LogP contribution >= 0.6 is 11.3 Å². The molecule has 1 aromatic heterocycles. The molecule has 1 fully saturated rings. The van der Waals surface area contributed by atoms with Crippen molar-refractivity contribution in [3.05, 3.63) is 16.6 Å². The van der Waals surface area contributed by atoms with E-state index in [1.165, 1.54) is 11.3 Å². The zero-order valence-electron chi connectivity index (χ0n) is 10.3. The van der Waals surface area contributed by atoms with Crippen molar-refractivity contribution in [1.29, 1.82) is 0 Å². The van der Waals surface area contributed by atoms with Gasteiger partial charge in [0.1, 0.15) is 5.69 Å². The summed E-state index contributed by atoms with van der Waals surface area (Å²) in [7, 11) is 0. The minimum absolute atomic E-state index is 0.0914. The molecule has 18 heavy (non-hydrogen) atoms. The first-order valence-corrected chi connectivity index (χ1v) is 6.94. The summed E-state index contributed by atoms with van der Waals surface area (Å²) in [5.41, 5.74) is 1.43. The average Bonchev–Trinajstić information content (AvgIpc) is 2.91. The lowest BCUT2D eigenvalue weighted by Gasteiger charge is -2.38. The number of likely N-dealkylation sites (tertiary alicyclic amines) is 1. The van der Waals surface area contributed by atoms with E-state index in [4.69, 9.17) is 0 Å². The third-order valence-corrected chi connectivity index (χ3v) is 4.38. The number of rotatable bonds is 3. The molecule has 0 spiro atoms. The van der Waals surface area contributed by atoms with Gasteiger partial charge in [0.2, 0.25) is 0 Å². The summed E-state index contributed by atoms with van der Waals surface area (Å²) in [5.74, 6) is -0.836. The Morgan fingerprint density at radius 3 is 2.61 bits per heavy atom. The summed E-state index contributed by atoms with van der Waals surface area (Å²) >= 11 is 1.39. The second-order valence-corrected chi connectivity index (χ2v) is 5.32. The Bertz CT molecular complexity index is 436. The maximum absolute atomic E-state index is 12.1. The van der Waals surface area contributed by atoms with E-state index in [0.717, 1.165) is 0 Å². The van der Waals surface area contributed by atoms with Gasteiger partial charge in [-0.15, -0.1) is 11.3 Å². The molecular formula is C12H16N2O3S. The van der Waals surface area contributed by atoms with Gasteiger partial charge in [0.15, 0.2) is 0 Å². The van der Waals surface area contributed by atoms with E-state index >= 15 is 0 Å². The largest absolute Gasteiger partial charge is 0.481 e. The molecule has 1 aromatic rings. The molecule has 6 heteroatoms. The molecule has 0 aromatic carbocycles. The Morgan fingerprint density at radius 1 is 1.50 bits per heavy atom. The topological polar surface area (TPSA) is 70.5 Å². The Balaban J connectivity index is 2.02. The van der Waals surface area contributed by atoms with Crippen LogP contribution in [0.2, 0.25) is 0 Å². The van der Waals surface area contributed by atoms with E-state index in [9.17, 15) is 14.7 Å². The van der Waals surface area contributed by atoms with Gasteiger partial charge in [0, 0.05) is 18.5 Å². The van der Waals surface area contributed by atoms with E-state index in [2.05, 4.69) is 4.98 Å². The average molecular weight is 268 g/mol. The first kappa shape index (κ1) is 13.0. The molecule has 1 amide bonds. The second-order valence-electron chi connectivity index (χ2n) is 4.60. The lowest BCUT2D eigenvalue weighted by molar-refractivity contribution is -0.152. The zero-order valence-corrected chi connectivity index (χ0v) is 11.1. The van der Waals surface area contributed by atoms with E-state index < -0.39 is 11.4 Å². The van der Waals surface area contributed by atoms with Crippen molar-refractivity contribution in [2.75, 3.05) is 13.1 Å². The number of carbonyl (C=O) groups is 2. The molecule has 0 atom stereocenters. The van der Waals surface area contributed by atoms with Crippen LogP contribution in [0.5, 0.6) is 0 Å². The summed E-state index contributed by atoms with van der Waals surface area (Å²) in [6, 6.07) is 0. The second kappa shape index (κ2) is 5.06. The highest BCUT2D eigenvalue weighted by molar-refractivity contribution is 7.07. The van der Waals surface area contributed by atoms with E-state index in [1.807, 2.05) is 6.92 Å². The first-order valence-electron chi connectivity index (χ1n) is 6.00. The highest BCUT2D eigenvalue weighted by atomic mass is 32.1. The quantitative estimate of drug-likeness (QED) is 0.908. The molecule has 1 saturated heterocycles. The number of thiazole rings is 1. The molecule has 0 saturated carbocycles. The lowest BCUT2D eigenvalue weighted by atomic mass is 9.76. The summed E-state index contributed by atoms with van der Waals surface area (Å²) in [6.07, 6.45) is 1.66. The molecule has 0 unspecified atom stereocenters. The van der Waals surface area contributed by atoms with Crippen molar-refractivity contribution >= 4 is 23.2 Å². The molecule has 0 radical (unpaired) electrons. The van der Waals surface area contributed by atoms with Crippen molar-refractivity contribution < 1.29 is 14.7 Å². The first-order chi connectivity index (χ1) is 8.59. The van der Waals surface area contributed by atoms with Gasteiger partial charge < -0.3 is 10.0 Å². The van der Waals surface area contributed by atoms with Gasteiger partial charge in [-0.2, -0.15) is 0 Å². The number of carbonyl (C=O) groups excluding carboxylic acids is 1. The molecule has 0 aliphatic carbocycles. The molecular weight excluding hydrogens is 252 g/mol. The standard InChI is InChI=1S/C12H16N2O3S/c1-2-12(11(16)17)3-5-14(6-4-12)10(15)9-7-18-8-13-9/h7-8H,2-6H2,1H3,(H,16,17). The van der Waals surface area contributed by atoms with Gasteiger partial charge in [-0.05, 0) is 19.3 Å². The molecule has 1 aliphatic rings. The predicted molar refractivity (Wildman–Crippen MR) is 67.6 cm³/mol. The number of carboxylic acid groups (broad SMARTS) is 1. The van der Waals surface area contributed by atoms with Gasteiger partial charge in [0.05, 0.1) is 10.9 Å². The number of nitrogens with zero attached hydrogens (tertiary/aromatic N) is 2. The number of hydrogen-bond donors (Lipinski definition) is 1. The maximum atomic E-state index is 12.1. The third-order valence-electron chi connectivity index (χ3n) is 3.79. The molecule has 2 rings (SSSR count). The summed E-state index contributed by atoms with van der Waals surface area (Å²) in [6.45, 7) is 2.89. The number of carboxylic acids is 1. The van der Waals surface area contributed by atoms with Crippen molar-refractivity contribution in [1.82, 2.24) is 9.88 Å². The van der Waals surface area contributed by atoms with Crippen LogP contribution in [-0.2, 0) is 4.79 Å². The SMILES string of the molecule is CCC1(C(=O)O)CCN(C(=O)c2cscn2)CC1. The van der Waals surface area contributed by atoms with E-state index in [0.29, 0.717) is 38.0 Å². The summed E-state index contributed by atoms with van der Waals surface area (Å²) < 4.78 is 0. The van der Waals surface area contributed by atoms with Crippen molar-refractivity contribution in [2.24, 2.45) is 5.41 Å². The van der Waals surface area contributed by atoms with Crippen LogP contribution in [0.15, 0.2) is 10.9 Å². The van der Waals surface area contributed by atoms with Gasteiger partial charge >= 0.3 is 5.97 Å². The van der Waals surface area contributed by atoms with Crippen LogP contribution in [-0.4, -0.2) is 40.0 Å². The smallest absolute Gasteiger partial charge is 0.309 e. The van der Waals surface area contributed by atoms with Crippen LogP contribution in [0.4, 0.5) is 0 Å². The Labute approximate surface area is 109 Å². The summed E-state index contributed by atoms with van der Waals surface area (Å²) in [4.78, 5) is 29.0. The van der Waals surface area contributed by atoms with E-state index in [-0.39, 0.29) is 5.91 Å². The normalized spacial score (nSPS) is 18.6. The molecule has 0 bridgehead atoms. The fraction of sp³-hybridized carbons (Fsp3) is 0.583. The van der Waals surface area contributed by atoms with Crippen LogP contribution in [0.25, 0.3) is 0 Å². The third kappa shape index (κ3) is 2.25. The minimum Gasteiger partial charge on any atom is -0.481 e. The number of hydrogen-bond acceptors (Lipinski definition) is 4. The minimum atomic E-state index is -0.745. The highest BCUT2D eigenvalue weighted by Gasteiger charge is 2.41. The van der Waals surface area contributed by atoms with Crippen molar-refractivity contribution in [2.45, 2.75) is 26.2 Å². The van der Waals surface area contributed by atoms with Crippen LogP contribution in [0.1, 0.15) is 36.7 Å². The van der Waals surface area contributed by atoms with E-state index in [1.54, 1.807) is 15.8 Å². The van der Waals surface area contributed by atoms with Crippen molar-refractivity contribution in [3.8, 4) is 0 Å².